The van der Waals surface area contributed by atoms with Crippen LogP contribution in [0.1, 0.15) is 5.56 Å². The molecule has 6 nitrogen and oxygen atoms in total. The van der Waals surface area contributed by atoms with Crippen molar-refractivity contribution in [2.75, 3.05) is 5.43 Å². The standard InChI is InChI=1S/C16H11BrN4O2S/c17-15-14(12-4-2-1-3-5-12)19-16(24-15)20-18-10-11-6-8-13(9-7-11)21(22)23/h1-10H,(H,19,20). The lowest BCUT2D eigenvalue weighted by atomic mass is 10.2. The summed E-state index contributed by atoms with van der Waals surface area (Å²) in [5.74, 6) is 0. The topological polar surface area (TPSA) is 80.4 Å². The highest BCUT2D eigenvalue weighted by Gasteiger charge is 2.10. The van der Waals surface area contributed by atoms with Crippen LogP contribution in [-0.4, -0.2) is 16.1 Å². The van der Waals surface area contributed by atoms with Gasteiger partial charge in [-0.05, 0) is 33.6 Å². The van der Waals surface area contributed by atoms with Crippen molar-refractivity contribution in [1.29, 1.82) is 0 Å². The highest BCUT2D eigenvalue weighted by molar-refractivity contribution is 9.11. The van der Waals surface area contributed by atoms with Crippen LogP contribution in [0.5, 0.6) is 0 Å². The summed E-state index contributed by atoms with van der Waals surface area (Å²) in [6.45, 7) is 0. The lowest BCUT2D eigenvalue weighted by Crippen LogP contribution is -1.91. The number of anilines is 1. The van der Waals surface area contributed by atoms with Crippen LogP contribution >= 0.6 is 27.3 Å². The van der Waals surface area contributed by atoms with E-state index < -0.39 is 4.92 Å². The van der Waals surface area contributed by atoms with Gasteiger partial charge in [-0.2, -0.15) is 5.10 Å². The summed E-state index contributed by atoms with van der Waals surface area (Å²) >= 11 is 4.95. The van der Waals surface area contributed by atoms with Gasteiger partial charge in [-0.25, -0.2) is 4.98 Å². The van der Waals surface area contributed by atoms with Crippen LogP contribution in [0.2, 0.25) is 0 Å². The molecular weight excluding hydrogens is 392 g/mol. The Morgan fingerprint density at radius 1 is 1.17 bits per heavy atom. The molecule has 0 aliphatic heterocycles. The number of hydrogen-bond acceptors (Lipinski definition) is 6. The predicted molar refractivity (Wildman–Crippen MR) is 99.6 cm³/mol. The van der Waals surface area contributed by atoms with Gasteiger partial charge in [0.25, 0.3) is 5.69 Å². The molecule has 120 valence electrons. The van der Waals surface area contributed by atoms with Gasteiger partial charge < -0.3 is 0 Å². The number of nitrogens with zero attached hydrogens (tertiary/aromatic N) is 3. The second kappa shape index (κ2) is 7.33. The van der Waals surface area contributed by atoms with Gasteiger partial charge in [0.2, 0.25) is 5.13 Å². The van der Waals surface area contributed by atoms with Gasteiger partial charge in [-0.15, -0.1) is 0 Å². The third-order valence-corrected chi connectivity index (χ3v) is 4.72. The van der Waals surface area contributed by atoms with Gasteiger partial charge in [-0.1, -0.05) is 41.7 Å². The SMILES string of the molecule is O=[N+]([O-])c1ccc(C=NNc2nc(-c3ccccc3)c(Br)s2)cc1. The molecule has 0 bridgehead atoms. The van der Waals surface area contributed by atoms with E-state index in [0.29, 0.717) is 5.13 Å². The fraction of sp³-hybridized carbons (Fsp3) is 0. The molecule has 0 unspecified atom stereocenters. The van der Waals surface area contributed by atoms with E-state index in [1.807, 2.05) is 30.3 Å². The minimum Gasteiger partial charge on any atom is -0.258 e. The van der Waals surface area contributed by atoms with Crippen molar-refractivity contribution in [3.8, 4) is 11.3 Å². The minimum absolute atomic E-state index is 0.0523. The number of benzene rings is 2. The Labute approximate surface area is 150 Å². The van der Waals surface area contributed by atoms with Crippen LogP contribution in [0.15, 0.2) is 63.5 Å². The van der Waals surface area contributed by atoms with E-state index in [9.17, 15) is 10.1 Å². The Kier molecular flexibility index (Phi) is 4.97. The molecule has 1 aromatic heterocycles. The highest BCUT2D eigenvalue weighted by Crippen LogP contribution is 2.35. The monoisotopic (exact) mass is 402 g/mol. The number of nitro groups is 1. The van der Waals surface area contributed by atoms with Crippen molar-refractivity contribution in [3.05, 3.63) is 74.1 Å². The van der Waals surface area contributed by atoms with E-state index >= 15 is 0 Å². The Hall–Kier alpha value is -2.58. The second-order valence-electron chi connectivity index (χ2n) is 4.73. The summed E-state index contributed by atoms with van der Waals surface area (Å²) in [4.78, 5) is 14.7. The number of nitro benzene ring substituents is 1. The van der Waals surface area contributed by atoms with Crippen LogP contribution in [0.3, 0.4) is 0 Å². The van der Waals surface area contributed by atoms with E-state index in [1.54, 1.807) is 18.3 Å². The van der Waals surface area contributed by atoms with Gasteiger partial charge in [0.05, 0.1) is 20.6 Å². The third-order valence-electron chi connectivity index (χ3n) is 3.11. The molecular formula is C16H11BrN4O2S. The Bertz CT molecular complexity index is 879. The average Bonchev–Trinajstić information content (AvgIpc) is 2.97. The van der Waals surface area contributed by atoms with Crippen molar-refractivity contribution >= 4 is 44.3 Å². The number of non-ortho nitro benzene ring substituents is 1. The molecule has 0 spiro atoms. The van der Waals surface area contributed by atoms with Gasteiger partial charge in [0.15, 0.2) is 0 Å². The maximum atomic E-state index is 10.6. The number of rotatable bonds is 5. The van der Waals surface area contributed by atoms with Crippen molar-refractivity contribution < 1.29 is 4.92 Å². The lowest BCUT2D eigenvalue weighted by molar-refractivity contribution is -0.384. The first-order valence-electron chi connectivity index (χ1n) is 6.89. The summed E-state index contributed by atoms with van der Waals surface area (Å²) in [6, 6.07) is 16.0. The summed E-state index contributed by atoms with van der Waals surface area (Å²) in [5, 5.41) is 15.4. The number of aromatic nitrogens is 1. The first-order chi connectivity index (χ1) is 11.6. The highest BCUT2D eigenvalue weighted by atomic mass is 79.9. The first kappa shape index (κ1) is 16.3. The Morgan fingerprint density at radius 2 is 1.88 bits per heavy atom. The van der Waals surface area contributed by atoms with Crippen LogP contribution in [0.25, 0.3) is 11.3 Å². The molecule has 0 saturated carbocycles. The molecule has 0 aliphatic rings. The molecule has 3 rings (SSSR count). The molecule has 8 heteroatoms. The maximum Gasteiger partial charge on any atom is 0.269 e. The zero-order valence-electron chi connectivity index (χ0n) is 12.2. The van der Waals surface area contributed by atoms with Gasteiger partial charge >= 0.3 is 0 Å². The number of nitrogens with one attached hydrogen (secondary N) is 1. The molecule has 1 heterocycles. The molecule has 2 aromatic carbocycles. The average molecular weight is 403 g/mol. The van der Waals surface area contributed by atoms with Gasteiger partial charge in [0.1, 0.15) is 0 Å². The number of hydrazone groups is 1. The first-order valence-corrected chi connectivity index (χ1v) is 8.50. The largest absolute Gasteiger partial charge is 0.269 e. The summed E-state index contributed by atoms with van der Waals surface area (Å²) in [7, 11) is 0. The smallest absolute Gasteiger partial charge is 0.258 e. The van der Waals surface area contributed by atoms with Crippen LogP contribution in [0.4, 0.5) is 10.8 Å². The van der Waals surface area contributed by atoms with E-state index in [-0.39, 0.29) is 5.69 Å². The molecule has 0 atom stereocenters. The minimum atomic E-state index is -0.433. The van der Waals surface area contributed by atoms with Crippen molar-refractivity contribution in [2.45, 2.75) is 0 Å². The lowest BCUT2D eigenvalue weighted by Gasteiger charge is -1.96. The second-order valence-corrected chi connectivity index (χ2v) is 7.04. The molecule has 0 radical (unpaired) electrons. The molecule has 0 saturated heterocycles. The summed E-state index contributed by atoms with van der Waals surface area (Å²) in [6.07, 6.45) is 1.58. The van der Waals surface area contributed by atoms with Crippen LogP contribution < -0.4 is 5.43 Å². The van der Waals surface area contributed by atoms with Crippen molar-refractivity contribution in [1.82, 2.24) is 4.98 Å². The Balaban J connectivity index is 1.70. The molecule has 0 amide bonds. The molecule has 24 heavy (non-hydrogen) atoms. The van der Waals surface area contributed by atoms with E-state index in [4.69, 9.17) is 0 Å². The summed E-state index contributed by atoms with van der Waals surface area (Å²) in [5.41, 5.74) is 5.56. The zero-order chi connectivity index (χ0) is 16.9. The molecule has 3 aromatic rings. The quantitative estimate of drug-likeness (QED) is 0.372. The predicted octanol–water partition coefficient (Wildman–Crippen LogP) is 4.93. The fourth-order valence-electron chi connectivity index (χ4n) is 1.97. The number of halogens is 1. The molecule has 0 fully saturated rings. The summed E-state index contributed by atoms with van der Waals surface area (Å²) < 4.78 is 0.918. The third kappa shape index (κ3) is 3.84. The van der Waals surface area contributed by atoms with E-state index in [2.05, 4.69) is 31.4 Å². The number of hydrogen-bond donors (Lipinski definition) is 1. The fourth-order valence-corrected chi connectivity index (χ4v) is 3.41. The maximum absolute atomic E-state index is 10.6. The van der Waals surface area contributed by atoms with Crippen LogP contribution in [-0.2, 0) is 0 Å². The molecule has 0 aliphatic carbocycles. The van der Waals surface area contributed by atoms with Crippen molar-refractivity contribution in [2.24, 2.45) is 5.10 Å². The van der Waals surface area contributed by atoms with E-state index in [0.717, 1.165) is 20.6 Å². The zero-order valence-corrected chi connectivity index (χ0v) is 14.6. The van der Waals surface area contributed by atoms with Gasteiger partial charge in [-0.3, -0.25) is 15.5 Å². The normalized spacial score (nSPS) is 10.9. The molecule has 1 N–H and O–H groups in total. The van der Waals surface area contributed by atoms with E-state index in [1.165, 1.54) is 23.5 Å². The Morgan fingerprint density at radius 3 is 2.54 bits per heavy atom. The van der Waals surface area contributed by atoms with Gasteiger partial charge in [0, 0.05) is 17.7 Å². The van der Waals surface area contributed by atoms with Crippen molar-refractivity contribution in [3.63, 3.8) is 0 Å². The number of thiazole rings is 1. The van der Waals surface area contributed by atoms with Crippen LogP contribution in [0, 0.1) is 10.1 Å².